The van der Waals surface area contributed by atoms with Crippen molar-refractivity contribution < 1.29 is 9.84 Å². The first kappa shape index (κ1) is 12.9. The van der Waals surface area contributed by atoms with Crippen molar-refractivity contribution in [2.75, 3.05) is 13.7 Å². The number of phenols is 1. The summed E-state index contributed by atoms with van der Waals surface area (Å²) in [4.78, 5) is 0. The van der Waals surface area contributed by atoms with Gasteiger partial charge in [0, 0.05) is 19.7 Å². The molecule has 104 valence electrons. The standard InChI is InChI=1S/C16H23NO2/c1-19-16(8-3-9-16)11-17-15-5-2-4-12-10-13(18)6-7-14(12)15/h6-7,10,15,17-18H,2-5,8-9,11H2,1H3. The van der Waals surface area contributed by atoms with Crippen molar-refractivity contribution in [1.29, 1.82) is 0 Å². The Bertz CT molecular complexity index is 449. The Balaban J connectivity index is 1.70. The van der Waals surface area contributed by atoms with Gasteiger partial charge in [-0.1, -0.05) is 6.07 Å². The van der Waals surface area contributed by atoms with Crippen molar-refractivity contribution in [3.05, 3.63) is 29.3 Å². The average molecular weight is 261 g/mol. The lowest BCUT2D eigenvalue weighted by atomic mass is 9.79. The maximum Gasteiger partial charge on any atom is 0.115 e. The molecular weight excluding hydrogens is 238 g/mol. The molecule has 0 amide bonds. The molecule has 0 heterocycles. The number of fused-ring (bicyclic) bond motifs is 1. The van der Waals surface area contributed by atoms with E-state index in [1.807, 2.05) is 13.2 Å². The van der Waals surface area contributed by atoms with Crippen molar-refractivity contribution in [1.82, 2.24) is 5.32 Å². The maximum atomic E-state index is 9.58. The monoisotopic (exact) mass is 261 g/mol. The van der Waals surface area contributed by atoms with Crippen LogP contribution in [0, 0.1) is 0 Å². The van der Waals surface area contributed by atoms with Gasteiger partial charge in [-0.3, -0.25) is 0 Å². The minimum atomic E-state index is 0.0779. The summed E-state index contributed by atoms with van der Waals surface area (Å²) >= 11 is 0. The SMILES string of the molecule is COC1(CNC2CCCc3cc(O)ccc32)CCC1. The van der Waals surface area contributed by atoms with Crippen LogP contribution in [0.15, 0.2) is 18.2 Å². The van der Waals surface area contributed by atoms with Crippen LogP contribution in [0.25, 0.3) is 0 Å². The number of methoxy groups -OCH3 is 1. The van der Waals surface area contributed by atoms with Gasteiger partial charge in [-0.25, -0.2) is 0 Å². The van der Waals surface area contributed by atoms with Gasteiger partial charge in [-0.2, -0.15) is 0 Å². The number of rotatable bonds is 4. The molecule has 1 fully saturated rings. The van der Waals surface area contributed by atoms with Crippen molar-refractivity contribution in [3.8, 4) is 5.75 Å². The van der Waals surface area contributed by atoms with E-state index in [1.54, 1.807) is 6.07 Å². The van der Waals surface area contributed by atoms with Gasteiger partial charge in [0.05, 0.1) is 5.60 Å². The first-order chi connectivity index (χ1) is 9.22. The van der Waals surface area contributed by atoms with Gasteiger partial charge in [-0.05, 0) is 61.8 Å². The average Bonchev–Trinajstić information content (AvgIpc) is 2.37. The van der Waals surface area contributed by atoms with Crippen molar-refractivity contribution >= 4 is 0 Å². The van der Waals surface area contributed by atoms with Crippen LogP contribution in [0.4, 0.5) is 0 Å². The first-order valence-corrected chi connectivity index (χ1v) is 7.33. The Morgan fingerprint density at radius 3 is 2.89 bits per heavy atom. The van der Waals surface area contributed by atoms with E-state index in [0.29, 0.717) is 11.8 Å². The lowest BCUT2D eigenvalue weighted by Gasteiger charge is -2.42. The Morgan fingerprint density at radius 1 is 1.37 bits per heavy atom. The number of hydrogen-bond donors (Lipinski definition) is 2. The maximum absolute atomic E-state index is 9.58. The number of aromatic hydroxyl groups is 1. The van der Waals surface area contributed by atoms with Crippen LogP contribution >= 0.6 is 0 Å². The molecule has 2 N–H and O–H groups in total. The summed E-state index contributed by atoms with van der Waals surface area (Å²) in [6.45, 7) is 0.939. The first-order valence-electron chi connectivity index (χ1n) is 7.33. The number of ether oxygens (including phenoxy) is 1. The molecule has 1 unspecified atom stereocenters. The fourth-order valence-corrected chi connectivity index (χ4v) is 3.35. The second-order valence-electron chi connectivity index (χ2n) is 5.95. The van der Waals surface area contributed by atoms with E-state index in [-0.39, 0.29) is 5.60 Å². The van der Waals surface area contributed by atoms with Crippen LogP contribution < -0.4 is 5.32 Å². The molecule has 0 radical (unpaired) electrons. The highest BCUT2D eigenvalue weighted by Gasteiger charge is 2.37. The van der Waals surface area contributed by atoms with Crippen LogP contribution in [-0.4, -0.2) is 24.4 Å². The second kappa shape index (κ2) is 5.14. The normalized spacial score (nSPS) is 24.6. The molecular formula is C16H23NO2. The quantitative estimate of drug-likeness (QED) is 0.875. The van der Waals surface area contributed by atoms with E-state index in [0.717, 1.165) is 13.0 Å². The van der Waals surface area contributed by atoms with Crippen LogP contribution in [0.2, 0.25) is 0 Å². The summed E-state index contributed by atoms with van der Waals surface area (Å²) in [7, 11) is 1.83. The fourth-order valence-electron chi connectivity index (χ4n) is 3.35. The molecule has 0 bridgehead atoms. The topological polar surface area (TPSA) is 41.5 Å². The van der Waals surface area contributed by atoms with E-state index < -0.39 is 0 Å². The number of phenolic OH excluding ortho intramolecular Hbond substituents is 1. The highest BCUT2D eigenvalue weighted by molar-refractivity contribution is 5.38. The molecule has 1 saturated carbocycles. The summed E-state index contributed by atoms with van der Waals surface area (Å²) in [5.74, 6) is 0.381. The third kappa shape index (κ3) is 2.49. The van der Waals surface area contributed by atoms with Gasteiger partial charge in [-0.15, -0.1) is 0 Å². The van der Waals surface area contributed by atoms with Crippen LogP contribution in [0.3, 0.4) is 0 Å². The van der Waals surface area contributed by atoms with E-state index in [9.17, 15) is 5.11 Å². The molecule has 0 saturated heterocycles. The minimum Gasteiger partial charge on any atom is -0.508 e. The predicted molar refractivity (Wildman–Crippen MR) is 75.4 cm³/mol. The molecule has 3 nitrogen and oxygen atoms in total. The highest BCUT2D eigenvalue weighted by atomic mass is 16.5. The molecule has 1 aromatic rings. The third-order valence-electron chi connectivity index (χ3n) is 4.81. The molecule has 0 aliphatic heterocycles. The van der Waals surface area contributed by atoms with Gasteiger partial charge in [0.25, 0.3) is 0 Å². The Morgan fingerprint density at radius 2 is 2.21 bits per heavy atom. The van der Waals surface area contributed by atoms with Crippen molar-refractivity contribution in [2.45, 2.75) is 50.2 Å². The molecule has 3 rings (SSSR count). The summed E-state index contributed by atoms with van der Waals surface area (Å²) in [6, 6.07) is 6.20. The zero-order valence-electron chi connectivity index (χ0n) is 11.6. The third-order valence-corrected chi connectivity index (χ3v) is 4.81. The number of nitrogens with one attached hydrogen (secondary N) is 1. The number of benzene rings is 1. The van der Waals surface area contributed by atoms with Gasteiger partial charge in [0.1, 0.15) is 5.75 Å². The van der Waals surface area contributed by atoms with Crippen molar-refractivity contribution in [2.24, 2.45) is 0 Å². The van der Waals surface area contributed by atoms with E-state index in [4.69, 9.17) is 4.74 Å². The van der Waals surface area contributed by atoms with Crippen LogP contribution in [0.1, 0.15) is 49.3 Å². The summed E-state index contributed by atoms with van der Waals surface area (Å²) in [6.07, 6.45) is 7.07. The van der Waals surface area contributed by atoms with Gasteiger partial charge < -0.3 is 15.2 Å². The Hall–Kier alpha value is -1.06. The van der Waals surface area contributed by atoms with Gasteiger partial charge in [0.15, 0.2) is 0 Å². The molecule has 2 aliphatic carbocycles. The zero-order valence-corrected chi connectivity index (χ0v) is 11.6. The van der Waals surface area contributed by atoms with Crippen LogP contribution in [-0.2, 0) is 11.2 Å². The minimum absolute atomic E-state index is 0.0779. The Labute approximate surface area is 115 Å². The smallest absolute Gasteiger partial charge is 0.115 e. The van der Waals surface area contributed by atoms with Gasteiger partial charge >= 0.3 is 0 Å². The molecule has 19 heavy (non-hydrogen) atoms. The molecule has 2 aliphatic rings. The zero-order chi connectivity index (χ0) is 13.3. The largest absolute Gasteiger partial charge is 0.508 e. The molecule has 0 spiro atoms. The predicted octanol–water partition coefficient (Wildman–Crippen LogP) is 2.93. The van der Waals surface area contributed by atoms with Gasteiger partial charge in [0.2, 0.25) is 0 Å². The molecule has 1 atom stereocenters. The van der Waals surface area contributed by atoms with Crippen molar-refractivity contribution in [3.63, 3.8) is 0 Å². The number of hydrogen-bond acceptors (Lipinski definition) is 3. The van der Waals surface area contributed by atoms with E-state index in [2.05, 4.69) is 11.4 Å². The summed E-state index contributed by atoms with van der Waals surface area (Å²) < 4.78 is 5.67. The fraction of sp³-hybridized carbons (Fsp3) is 0.625. The lowest BCUT2D eigenvalue weighted by molar-refractivity contribution is -0.0711. The van der Waals surface area contributed by atoms with E-state index in [1.165, 1.54) is 43.2 Å². The lowest BCUT2D eigenvalue weighted by Crippen LogP contribution is -2.49. The number of aryl methyl sites for hydroxylation is 1. The summed E-state index contributed by atoms with van der Waals surface area (Å²) in [5.41, 5.74) is 2.73. The Kier molecular flexibility index (Phi) is 3.50. The van der Waals surface area contributed by atoms with E-state index >= 15 is 0 Å². The molecule has 0 aromatic heterocycles. The second-order valence-corrected chi connectivity index (χ2v) is 5.95. The van der Waals surface area contributed by atoms with Crippen LogP contribution in [0.5, 0.6) is 5.75 Å². The highest BCUT2D eigenvalue weighted by Crippen LogP contribution is 2.36. The molecule has 1 aromatic carbocycles. The summed E-state index contributed by atoms with van der Waals surface area (Å²) in [5, 5.41) is 13.3. The molecule has 3 heteroatoms.